The second-order valence-corrected chi connectivity index (χ2v) is 7.78. The van der Waals surface area contributed by atoms with Gasteiger partial charge in [0.15, 0.2) is 0 Å². The van der Waals surface area contributed by atoms with Gasteiger partial charge in [-0.1, -0.05) is 12.1 Å². The smallest absolute Gasteiger partial charge is 0.275 e. The van der Waals surface area contributed by atoms with Gasteiger partial charge in [-0.25, -0.2) is 9.97 Å². The molecule has 8 heteroatoms. The topological polar surface area (TPSA) is 93.4 Å². The van der Waals surface area contributed by atoms with Crippen LogP contribution in [0.4, 0.5) is 11.4 Å². The maximum Gasteiger partial charge on any atom is 0.275 e. The molecule has 1 amide bonds. The standard InChI is InChI=1S/C21H23N5O2S/c1-28-19-12-14(6-9-23-19)21-25-17(13-29-21)20(27)24-16-4-2-3-5-18(16)26-10-7-15(22)8-11-26/h2-6,9,12-13,15H,7-8,10-11,22H2,1H3,(H,24,27). The number of anilines is 2. The van der Waals surface area contributed by atoms with Gasteiger partial charge in [0.2, 0.25) is 5.88 Å². The maximum absolute atomic E-state index is 12.8. The minimum absolute atomic E-state index is 0.227. The van der Waals surface area contributed by atoms with Crippen molar-refractivity contribution < 1.29 is 9.53 Å². The second kappa shape index (κ2) is 8.59. The van der Waals surface area contributed by atoms with Crippen LogP contribution in [0, 0.1) is 0 Å². The third-order valence-corrected chi connectivity index (χ3v) is 5.85. The zero-order chi connectivity index (χ0) is 20.2. The molecule has 7 nitrogen and oxygen atoms in total. The van der Waals surface area contributed by atoms with Crippen LogP contribution in [-0.4, -0.2) is 42.1 Å². The molecule has 0 bridgehead atoms. The Morgan fingerprint density at radius 2 is 2.07 bits per heavy atom. The first kappa shape index (κ1) is 19.4. The predicted octanol–water partition coefficient (Wildman–Crippen LogP) is 3.39. The number of hydrogen-bond donors (Lipinski definition) is 2. The van der Waals surface area contributed by atoms with Gasteiger partial charge in [0.05, 0.1) is 18.5 Å². The number of nitrogens with zero attached hydrogens (tertiary/aromatic N) is 3. The monoisotopic (exact) mass is 409 g/mol. The van der Waals surface area contributed by atoms with E-state index < -0.39 is 0 Å². The molecule has 3 N–H and O–H groups in total. The van der Waals surface area contributed by atoms with Crippen LogP contribution in [0.3, 0.4) is 0 Å². The van der Waals surface area contributed by atoms with Crippen LogP contribution in [0.5, 0.6) is 5.88 Å². The van der Waals surface area contributed by atoms with Crippen molar-refractivity contribution in [1.29, 1.82) is 0 Å². The summed E-state index contributed by atoms with van der Waals surface area (Å²) in [6.07, 6.45) is 3.57. The van der Waals surface area contributed by atoms with E-state index in [0.717, 1.165) is 47.9 Å². The largest absolute Gasteiger partial charge is 0.481 e. The van der Waals surface area contributed by atoms with Gasteiger partial charge in [0.25, 0.3) is 5.91 Å². The summed E-state index contributed by atoms with van der Waals surface area (Å²) in [6, 6.07) is 11.8. The third kappa shape index (κ3) is 4.38. The van der Waals surface area contributed by atoms with Gasteiger partial charge in [0.1, 0.15) is 10.7 Å². The highest BCUT2D eigenvalue weighted by atomic mass is 32.1. The lowest BCUT2D eigenvalue weighted by Crippen LogP contribution is -2.40. The number of carbonyl (C=O) groups excluding carboxylic acids is 1. The first-order chi connectivity index (χ1) is 14.1. The number of benzene rings is 1. The summed E-state index contributed by atoms with van der Waals surface area (Å²) in [6.45, 7) is 1.78. The van der Waals surface area contributed by atoms with Crippen molar-refractivity contribution in [3.05, 3.63) is 53.7 Å². The van der Waals surface area contributed by atoms with E-state index in [1.54, 1.807) is 24.8 Å². The van der Waals surface area contributed by atoms with Crippen molar-refractivity contribution in [1.82, 2.24) is 9.97 Å². The third-order valence-electron chi connectivity index (χ3n) is 4.96. The molecular weight excluding hydrogens is 386 g/mol. The van der Waals surface area contributed by atoms with Gasteiger partial charge in [-0.15, -0.1) is 11.3 Å². The summed E-state index contributed by atoms with van der Waals surface area (Å²) >= 11 is 1.41. The molecule has 1 aliphatic rings. The number of piperidine rings is 1. The maximum atomic E-state index is 12.8. The average Bonchev–Trinajstić information content (AvgIpc) is 3.25. The Hall–Kier alpha value is -2.97. The summed E-state index contributed by atoms with van der Waals surface area (Å²) in [5.41, 5.74) is 9.08. The van der Waals surface area contributed by atoms with Crippen molar-refractivity contribution in [2.45, 2.75) is 18.9 Å². The molecule has 3 heterocycles. The van der Waals surface area contributed by atoms with E-state index in [2.05, 4.69) is 20.2 Å². The number of pyridine rings is 1. The van der Waals surface area contributed by atoms with Gasteiger partial charge in [0, 0.05) is 42.3 Å². The molecule has 4 rings (SSSR count). The number of rotatable bonds is 5. The van der Waals surface area contributed by atoms with Gasteiger partial charge in [-0.3, -0.25) is 4.79 Å². The molecule has 3 aromatic rings. The first-order valence-electron chi connectivity index (χ1n) is 9.51. The molecular formula is C21H23N5O2S. The Labute approximate surface area is 173 Å². The molecule has 150 valence electrons. The van der Waals surface area contributed by atoms with Gasteiger partial charge >= 0.3 is 0 Å². The Morgan fingerprint density at radius 1 is 1.28 bits per heavy atom. The number of methoxy groups -OCH3 is 1. The van der Waals surface area contributed by atoms with E-state index in [1.807, 2.05) is 30.3 Å². The van der Waals surface area contributed by atoms with E-state index in [9.17, 15) is 4.79 Å². The average molecular weight is 410 g/mol. The quantitative estimate of drug-likeness (QED) is 0.671. The fraction of sp³-hybridized carbons (Fsp3) is 0.286. The van der Waals surface area contributed by atoms with Crippen LogP contribution >= 0.6 is 11.3 Å². The van der Waals surface area contributed by atoms with Crippen molar-refractivity contribution in [3.8, 4) is 16.5 Å². The highest BCUT2D eigenvalue weighted by Gasteiger charge is 2.20. The van der Waals surface area contributed by atoms with E-state index in [0.29, 0.717) is 11.6 Å². The Balaban J connectivity index is 1.51. The van der Waals surface area contributed by atoms with E-state index in [-0.39, 0.29) is 11.9 Å². The minimum atomic E-state index is -0.227. The summed E-state index contributed by atoms with van der Waals surface area (Å²) in [4.78, 5) is 23.7. The fourth-order valence-corrected chi connectivity index (χ4v) is 4.14. The van der Waals surface area contributed by atoms with E-state index >= 15 is 0 Å². The lowest BCUT2D eigenvalue weighted by molar-refractivity contribution is 0.102. The number of carbonyl (C=O) groups is 1. The van der Waals surface area contributed by atoms with Crippen LogP contribution in [0.25, 0.3) is 10.6 Å². The predicted molar refractivity (Wildman–Crippen MR) is 116 cm³/mol. The van der Waals surface area contributed by atoms with Crippen molar-refractivity contribution in [2.75, 3.05) is 30.4 Å². The highest BCUT2D eigenvalue weighted by molar-refractivity contribution is 7.13. The summed E-state index contributed by atoms with van der Waals surface area (Å²) in [5.74, 6) is 0.286. The molecule has 0 atom stereocenters. The molecule has 1 aromatic carbocycles. The number of hydrogen-bond acceptors (Lipinski definition) is 7. The molecule has 29 heavy (non-hydrogen) atoms. The number of thiazole rings is 1. The van der Waals surface area contributed by atoms with Gasteiger partial charge in [-0.2, -0.15) is 0 Å². The molecule has 0 spiro atoms. The number of nitrogens with two attached hydrogens (primary N) is 1. The normalized spacial score (nSPS) is 14.6. The van der Waals surface area contributed by atoms with Crippen LogP contribution in [0.15, 0.2) is 48.0 Å². The van der Waals surface area contributed by atoms with Crippen LogP contribution < -0.4 is 20.7 Å². The molecule has 1 saturated heterocycles. The van der Waals surface area contributed by atoms with E-state index in [4.69, 9.17) is 10.5 Å². The number of aromatic nitrogens is 2. The van der Waals surface area contributed by atoms with Crippen molar-refractivity contribution in [2.24, 2.45) is 5.73 Å². The van der Waals surface area contributed by atoms with Crippen molar-refractivity contribution in [3.63, 3.8) is 0 Å². The summed E-state index contributed by atoms with van der Waals surface area (Å²) < 4.78 is 5.16. The van der Waals surface area contributed by atoms with Gasteiger partial charge < -0.3 is 20.7 Å². The molecule has 0 radical (unpaired) electrons. The fourth-order valence-electron chi connectivity index (χ4n) is 3.35. The van der Waals surface area contributed by atoms with Gasteiger partial charge in [-0.05, 0) is 31.0 Å². The number of amides is 1. The Morgan fingerprint density at radius 3 is 2.86 bits per heavy atom. The first-order valence-corrected chi connectivity index (χ1v) is 10.4. The lowest BCUT2D eigenvalue weighted by Gasteiger charge is -2.33. The number of nitrogens with one attached hydrogen (secondary N) is 1. The molecule has 0 saturated carbocycles. The zero-order valence-electron chi connectivity index (χ0n) is 16.2. The second-order valence-electron chi connectivity index (χ2n) is 6.92. The minimum Gasteiger partial charge on any atom is -0.481 e. The molecule has 1 fully saturated rings. The highest BCUT2D eigenvalue weighted by Crippen LogP contribution is 2.30. The lowest BCUT2D eigenvalue weighted by atomic mass is 10.0. The molecule has 0 aliphatic carbocycles. The van der Waals surface area contributed by atoms with Crippen LogP contribution in [0.1, 0.15) is 23.3 Å². The summed E-state index contributed by atoms with van der Waals surface area (Å²) in [5, 5.41) is 5.53. The van der Waals surface area contributed by atoms with E-state index in [1.165, 1.54) is 11.3 Å². The van der Waals surface area contributed by atoms with Crippen LogP contribution in [-0.2, 0) is 0 Å². The Bertz CT molecular complexity index is 998. The summed E-state index contributed by atoms with van der Waals surface area (Å²) in [7, 11) is 1.57. The molecule has 2 aromatic heterocycles. The van der Waals surface area contributed by atoms with Crippen molar-refractivity contribution >= 4 is 28.6 Å². The SMILES string of the molecule is COc1cc(-c2nc(C(=O)Nc3ccccc3N3CCC(N)CC3)cs2)ccn1. The molecule has 0 unspecified atom stereocenters. The number of para-hydroxylation sites is 2. The Kier molecular flexibility index (Phi) is 5.73. The zero-order valence-corrected chi connectivity index (χ0v) is 17.0. The molecule has 1 aliphatic heterocycles. The van der Waals surface area contributed by atoms with Crippen LogP contribution in [0.2, 0.25) is 0 Å². The number of ether oxygens (including phenoxy) is 1.